The predicted octanol–water partition coefficient (Wildman–Crippen LogP) is 3.04. The Morgan fingerprint density at radius 1 is 1.10 bits per heavy atom. The molecule has 4 heteroatoms. The number of carbonyl (C=O) groups excluding carboxylic acids is 1. The summed E-state index contributed by atoms with van der Waals surface area (Å²) in [6.07, 6.45) is 4.82. The van der Waals surface area contributed by atoms with E-state index in [0.29, 0.717) is 23.4 Å². The van der Waals surface area contributed by atoms with Crippen LogP contribution in [-0.4, -0.2) is 34.5 Å². The molecule has 3 rings (SSSR count). The van der Waals surface area contributed by atoms with Gasteiger partial charge in [0, 0.05) is 18.2 Å². The SMILES string of the molecule is CC1CN(C(=O)c2ccc(C(=O)O)cc2)C2CCCCC12. The Morgan fingerprint density at radius 2 is 1.71 bits per heavy atom. The third-order valence-corrected chi connectivity index (χ3v) is 5.04. The number of aromatic carboxylic acids is 1. The van der Waals surface area contributed by atoms with Gasteiger partial charge >= 0.3 is 5.97 Å². The third-order valence-electron chi connectivity index (χ3n) is 5.04. The molecule has 1 aliphatic heterocycles. The van der Waals surface area contributed by atoms with Crippen LogP contribution in [0.15, 0.2) is 24.3 Å². The zero-order valence-electron chi connectivity index (χ0n) is 12.3. The molecule has 0 spiro atoms. The molecule has 0 radical (unpaired) electrons. The van der Waals surface area contributed by atoms with Crippen molar-refractivity contribution in [3.8, 4) is 0 Å². The number of carbonyl (C=O) groups is 2. The highest BCUT2D eigenvalue weighted by Crippen LogP contribution is 2.40. The molecule has 2 aliphatic rings. The molecular weight excluding hydrogens is 266 g/mol. The van der Waals surface area contributed by atoms with E-state index in [1.54, 1.807) is 12.1 Å². The maximum Gasteiger partial charge on any atom is 0.335 e. The van der Waals surface area contributed by atoms with E-state index in [2.05, 4.69) is 6.92 Å². The first-order valence-corrected chi connectivity index (χ1v) is 7.72. The molecular formula is C17H21NO3. The van der Waals surface area contributed by atoms with Gasteiger partial charge < -0.3 is 10.0 Å². The Kier molecular flexibility index (Phi) is 3.70. The lowest BCUT2D eigenvalue weighted by Gasteiger charge is -2.32. The van der Waals surface area contributed by atoms with E-state index in [1.807, 2.05) is 4.90 Å². The van der Waals surface area contributed by atoms with Crippen LogP contribution in [0.25, 0.3) is 0 Å². The van der Waals surface area contributed by atoms with Gasteiger partial charge in [0.1, 0.15) is 0 Å². The zero-order chi connectivity index (χ0) is 15.0. The van der Waals surface area contributed by atoms with Gasteiger partial charge in [-0.2, -0.15) is 0 Å². The maximum absolute atomic E-state index is 12.7. The van der Waals surface area contributed by atoms with Crippen LogP contribution in [0.2, 0.25) is 0 Å². The molecule has 1 heterocycles. The first-order valence-electron chi connectivity index (χ1n) is 7.72. The zero-order valence-corrected chi connectivity index (χ0v) is 12.3. The fraction of sp³-hybridized carbons (Fsp3) is 0.529. The predicted molar refractivity (Wildman–Crippen MR) is 79.3 cm³/mol. The van der Waals surface area contributed by atoms with Crippen molar-refractivity contribution < 1.29 is 14.7 Å². The summed E-state index contributed by atoms with van der Waals surface area (Å²) in [6.45, 7) is 3.07. The van der Waals surface area contributed by atoms with Crippen molar-refractivity contribution in [2.75, 3.05) is 6.54 Å². The molecule has 112 valence electrons. The van der Waals surface area contributed by atoms with E-state index >= 15 is 0 Å². The second kappa shape index (κ2) is 5.51. The number of carboxylic acid groups (broad SMARTS) is 1. The molecule has 2 fully saturated rings. The summed E-state index contributed by atoms with van der Waals surface area (Å²) < 4.78 is 0. The molecule has 1 aromatic rings. The second-order valence-corrected chi connectivity index (χ2v) is 6.33. The number of fused-ring (bicyclic) bond motifs is 1. The monoisotopic (exact) mass is 287 g/mol. The van der Waals surface area contributed by atoms with Gasteiger partial charge in [0.05, 0.1) is 5.56 Å². The van der Waals surface area contributed by atoms with Crippen LogP contribution in [0.4, 0.5) is 0 Å². The number of likely N-dealkylation sites (tertiary alicyclic amines) is 1. The van der Waals surface area contributed by atoms with Crippen molar-refractivity contribution in [2.45, 2.75) is 38.6 Å². The summed E-state index contributed by atoms with van der Waals surface area (Å²) in [5, 5.41) is 8.92. The highest BCUT2D eigenvalue weighted by Gasteiger charge is 2.42. The topological polar surface area (TPSA) is 57.6 Å². The Morgan fingerprint density at radius 3 is 2.38 bits per heavy atom. The lowest BCUT2D eigenvalue weighted by Crippen LogP contribution is -2.39. The van der Waals surface area contributed by atoms with Crippen LogP contribution < -0.4 is 0 Å². The van der Waals surface area contributed by atoms with E-state index < -0.39 is 5.97 Å². The number of rotatable bonds is 2. The normalized spacial score (nSPS) is 28.2. The summed E-state index contributed by atoms with van der Waals surface area (Å²) in [6, 6.07) is 6.65. The van der Waals surface area contributed by atoms with Crippen LogP contribution >= 0.6 is 0 Å². The standard InChI is InChI=1S/C17H21NO3/c1-11-10-18(15-5-3-2-4-14(11)15)16(19)12-6-8-13(9-7-12)17(20)21/h6-9,11,14-15H,2-5,10H2,1H3,(H,20,21). The molecule has 0 aromatic heterocycles. The Balaban J connectivity index is 1.80. The average molecular weight is 287 g/mol. The Bertz CT molecular complexity index is 552. The van der Waals surface area contributed by atoms with Crippen molar-refractivity contribution in [3.63, 3.8) is 0 Å². The highest BCUT2D eigenvalue weighted by molar-refractivity contribution is 5.96. The number of amides is 1. The lowest BCUT2D eigenvalue weighted by atomic mass is 9.80. The van der Waals surface area contributed by atoms with Crippen molar-refractivity contribution in [1.29, 1.82) is 0 Å². The number of hydrogen-bond acceptors (Lipinski definition) is 2. The third kappa shape index (κ3) is 2.55. The van der Waals surface area contributed by atoms with Crippen molar-refractivity contribution in [3.05, 3.63) is 35.4 Å². The molecule has 21 heavy (non-hydrogen) atoms. The molecule has 4 nitrogen and oxygen atoms in total. The van der Waals surface area contributed by atoms with E-state index in [1.165, 1.54) is 31.4 Å². The van der Waals surface area contributed by atoms with E-state index in [-0.39, 0.29) is 11.5 Å². The summed E-state index contributed by atoms with van der Waals surface area (Å²) in [5.41, 5.74) is 0.815. The first-order chi connectivity index (χ1) is 10.1. The smallest absolute Gasteiger partial charge is 0.335 e. The second-order valence-electron chi connectivity index (χ2n) is 6.33. The van der Waals surface area contributed by atoms with Gasteiger partial charge in [0.2, 0.25) is 0 Å². The quantitative estimate of drug-likeness (QED) is 0.909. The maximum atomic E-state index is 12.7. The van der Waals surface area contributed by atoms with E-state index in [4.69, 9.17) is 5.11 Å². The summed E-state index contributed by atoms with van der Waals surface area (Å²) in [7, 11) is 0. The minimum absolute atomic E-state index is 0.0492. The van der Waals surface area contributed by atoms with Crippen LogP contribution in [0.1, 0.15) is 53.3 Å². The van der Waals surface area contributed by atoms with E-state index in [9.17, 15) is 9.59 Å². The van der Waals surface area contributed by atoms with Gasteiger partial charge in [0.15, 0.2) is 0 Å². The number of hydrogen-bond donors (Lipinski definition) is 1. The van der Waals surface area contributed by atoms with Gasteiger partial charge in [0.25, 0.3) is 5.91 Å². The molecule has 1 saturated heterocycles. The average Bonchev–Trinajstić information content (AvgIpc) is 2.84. The minimum atomic E-state index is -0.962. The highest BCUT2D eigenvalue weighted by atomic mass is 16.4. The summed E-state index contributed by atoms with van der Waals surface area (Å²) in [5.74, 6) is 0.294. The molecule has 1 aromatic carbocycles. The van der Waals surface area contributed by atoms with Crippen molar-refractivity contribution >= 4 is 11.9 Å². The minimum Gasteiger partial charge on any atom is -0.478 e. The summed E-state index contributed by atoms with van der Waals surface area (Å²) in [4.78, 5) is 25.6. The van der Waals surface area contributed by atoms with Crippen molar-refractivity contribution in [1.82, 2.24) is 4.90 Å². The van der Waals surface area contributed by atoms with Gasteiger partial charge in [-0.15, -0.1) is 0 Å². The lowest BCUT2D eigenvalue weighted by molar-refractivity contribution is 0.0679. The Labute approximate surface area is 124 Å². The van der Waals surface area contributed by atoms with E-state index in [0.717, 1.165) is 13.0 Å². The summed E-state index contributed by atoms with van der Waals surface area (Å²) >= 11 is 0. The molecule has 1 saturated carbocycles. The largest absolute Gasteiger partial charge is 0.478 e. The van der Waals surface area contributed by atoms with Crippen LogP contribution in [-0.2, 0) is 0 Å². The molecule has 1 amide bonds. The molecule has 1 aliphatic carbocycles. The number of carboxylic acids is 1. The van der Waals surface area contributed by atoms with Gasteiger partial charge in [-0.3, -0.25) is 4.79 Å². The van der Waals surface area contributed by atoms with Gasteiger partial charge in [-0.1, -0.05) is 19.8 Å². The van der Waals surface area contributed by atoms with Gasteiger partial charge in [-0.05, 0) is 48.9 Å². The fourth-order valence-corrected chi connectivity index (χ4v) is 3.93. The number of nitrogens with zero attached hydrogens (tertiary/aromatic N) is 1. The first kappa shape index (κ1) is 14.1. The van der Waals surface area contributed by atoms with Crippen LogP contribution in [0.5, 0.6) is 0 Å². The molecule has 3 unspecified atom stereocenters. The molecule has 3 atom stereocenters. The van der Waals surface area contributed by atoms with Crippen molar-refractivity contribution in [2.24, 2.45) is 11.8 Å². The fourth-order valence-electron chi connectivity index (χ4n) is 3.93. The number of benzene rings is 1. The molecule has 1 N–H and O–H groups in total. The Hall–Kier alpha value is -1.84. The van der Waals surface area contributed by atoms with Crippen LogP contribution in [0.3, 0.4) is 0 Å². The van der Waals surface area contributed by atoms with Crippen LogP contribution in [0, 0.1) is 11.8 Å². The molecule has 0 bridgehead atoms. The van der Waals surface area contributed by atoms with Gasteiger partial charge in [-0.25, -0.2) is 4.79 Å².